The minimum atomic E-state index is -2.32. The molecule has 2 amide bonds. The summed E-state index contributed by atoms with van der Waals surface area (Å²) in [6.45, 7) is -0.382. The van der Waals surface area contributed by atoms with Crippen LogP contribution in [-0.2, 0) is 57.0 Å². The van der Waals surface area contributed by atoms with Gasteiger partial charge in [-0.05, 0) is 13.8 Å². The van der Waals surface area contributed by atoms with Crippen molar-refractivity contribution < 1.29 is 144 Å². The number of carbonyl (C=O) groups excluding carboxylic acids is 2. The van der Waals surface area contributed by atoms with Gasteiger partial charge in [-0.25, -0.2) is 0 Å². The standard InChI is InChI=1S/C40H70N2O29/c1-10-20(50)25(55)29(59)37(63-10)69-33-18(8-46)67-36(19(42-13(4)48)34(33)70-39-31(61)27(57)23(53)16(6-44)65-39)62-9-15(49)22(52)32(14(5-43)41-12(3)47)68-40-35(28(58)24(54)17(7-45)66-40)71-38-30(60)26(56)21(51)11(2)64-38/h10-11,14-40,43-46,49-61H,5-9H2,1-4H3,(H,41,47)(H,42,48)/t10-,11-,14-,15+,16+,17+,18+,19+,20+,21+,22-,23-,24-,25+,26+,27-,28-,29-,30-,31+,32+,33+,34+,35+,36+,37-,38-,39-,40-/m0/s1. The number of carbonyl (C=O) groups is 2. The molecule has 0 saturated carbocycles. The maximum absolute atomic E-state index is 12.8. The van der Waals surface area contributed by atoms with Crippen molar-refractivity contribution in [3.8, 4) is 0 Å². The quantitative estimate of drug-likeness (QED) is 0.0538. The summed E-state index contributed by atoms with van der Waals surface area (Å²) < 4.78 is 57.8. The number of ether oxygens (including phenoxy) is 10. The molecule has 0 spiro atoms. The Hall–Kier alpha value is -2.14. The summed E-state index contributed by atoms with van der Waals surface area (Å²) in [5.74, 6) is -1.68. The van der Waals surface area contributed by atoms with Crippen LogP contribution in [0, 0.1) is 0 Å². The van der Waals surface area contributed by atoms with E-state index >= 15 is 0 Å². The Labute approximate surface area is 404 Å². The zero-order chi connectivity index (χ0) is 52.9. The summed E-state index contributed by atoms with van der Waals surface area (Å²) in [5, 5.41) is 186. The van der Waals surface area contributed by atoms with Crippen LogP contribution < -0.4 is 10.6 Å². The number of aliphatic hydroxyl groups is 17. The third-order valence-electron chi connectivity index (χ3n) is 12.8. The Morgan fingerprint density at radius 1 is 0.507 bits per heavy atom. The molecule has 71 heavy (non-hydrogen) atoms. The van der Waals surface area contributed by atoms with Crippen LogP contribution in [0.5, 0.6) is 0 Å². The molecule has 29 atom stereocenters. The third-order valence-corrected chi connectivity index (χ3v) is 12.8. The first-order valence-corrected chi connectivity index (χ1v) is 22.7. The molecule has 5 heterocycles. The average molecular weight is 1040 g/mol. The first-order chi connectivity index (χ1) is 33.4. The van der Waals surface area contributed by atoms with Gasteiger partial charge in [0.25, 0.3) is 0 Å². The molecule has 0 aromatic rings. The van der Waals surface area contributed by atoms with E-state index in [0.29, 0.717) is 0 Å². The molecule has 0 unspecified atom stereocenters. The molecule has 414 valence electrons. The molecule has 5 saturated heterocycles. The van der Waals surface area contributed by atoms with Crippen LogP contribution in [0.1, 0.15) is 27.7 Å². The van der Waals surface area contributed by atoms with Crippen molar-refractivity contribution in [1.82, 2.24) is 10.6 Å². The number of hydrogen-bond acceptors (Lipinski definition) is 29. The lowest BCUT2D eigenvalue weighted by molar-refractivity contribution is -0.376. The van der Waals surface area contributed by atoms with Crippen LogP contribution in [0.15, 0.2) is 0 Å². The molecule has 19 N–H and O–H groups in total. The Balaban J connectivity index is 1.46. The second kappa shape index (κ2) is 26.1. The van der Waals surface area contributed by atoms with Gasteiger partial charge in [-0.3, -0.25) is 9.59 Å². The maximum Gasteiger partial charge on any atom is 0.217 e. The Morgan fingerprint density at radius 3 is 1.42 bits per heavy atom. The number of amides is 2. The molecule has 0 bridgehead atoms. The second-order valence-electron chi connectivity index (χ2n) is 18.0. The third kappa shape index (κ3) is 13.6. The molecule has 5 fully saturated rings. The van der Waals surface area contributed by atoms with E-state index in [0.717, 1.165) is 13.8 Å². The van der Waals surface area contributed by atoms with Gasteiger partial charge in [-0.2, -0.15) is 0 Å². The summed E-state index contributed by atoms with van der Waals surface area (Å²) in [6.07, 6.45) is -50.0. The Bertz CT molecular complexity index is 1660. The van der Waals surface area contributed by atoms with Crippen LogP contribution >= 0.6 is 0 Å². The largest absolute Gasteiger partial charge is 0.394 e. The predicted molar refractivity (Wildman–Crippen MR) is 222 cm³/mol. The molecule has 31 heteroatoms. The monoisotopic (exact) mass is 1040 g/mol. The van der Waals surface area contributed by atoms with E-state index < -0.39 is 223 Å². The molecule has 0 aromatic carbocycles. The van der Waals surface area contributed by atoms with E-state index in [1.165, 1.54) is 13.8 Å². The molecular weight excluding hydrogens is 972 g/mol. The van der Waals surface area contributed by atoms with Crippen molar-refractivity contribution >= 4 is 11.8 Å². The van der Waals surface area contributed by atoms with Crippen LogP contribution in [0.2, 0.25) is 0 Å². The van der Waals surface area contributed by atoms with Crippen LogP contribution in [-0.4, -0.2) is 309 Å². The minimum absolute atomic E-state index is 0.825. The fraction of sp³-hybridized carbons (Fsp3) is 0.950. The highest BCUT2D eigenvalue weighted by Gasteiger charge is 2.56. The lowest BCUT2D eigenvalue weighted by atomic mass is 9.94. The van der Waals surface area contributed by atoms with E-state index in [2.05, 4.69) is 10.6 Å². The molecule has 0 aromatic heterocycles. The SMILES string of the molecule is CC(=O)N[C@H]1[C@H](OC[C@@H](O)[C@H](O)[C@H](O[C@@H]2O[C@H](CO)[C@H](O)[C@H](O)[C@H]2O[C@@H]2O[C@@H](C)[C@@H](O)[C@@H](O)[C@@H]2O)[C@H](CO)NC(C)=O)O[C@H](CO)[C@@H](O[C@@H]2O[C@@H](C)[C@@H](O)[C@@H](O)[C@@H]2O)[C@@H]1O[C@@H]1O[C@H](CO)[C@H](O)[C@H](O)[C@H]1O. The topological polar surface area (TPSA) is 494 Å². The Kier molecular flexibility index (Phi) is 21.9. The molecule has 0 radical (unpaired) electrons. The molecule has 5 aliphatic rings. The smallest absolute Gasteiger partial charge is 0.217 e. The van der Waals surface area contributed by atoms with Crippen molar-refractivity contribution in [3.63, 3.8) is 0 Å². The number of hydrogen-bond donors (Lipinski definition) is 19. The van der Waals surface area contributed by atoms with Gasteiger partial charge >= 0.3 is 0 Å². The van der Waals surface area contributed by atoms with Gasteiger partial charge < -0.3 is 145 Å². The van der Waals surface area contributed by atoms with Gasteiger partial charge in [-0.1, -0.05) is 0 Å². The first kappa shape index (κ1) is 59.7. The van der Waals surface area contributed by atoms with Crippen molar-refractivity contribution in [2.45, 2.75) is 206 Å². The molecule has 31 nitrogen and oxygen atoms in total. The normalized spacial score (nSPS) is 46.1. The van der Waals surface area contributed by atoms with Crippen molar-refractivity contribution in [1.29, 1.82) is 0 Å². The average Bonchev–Trinajstić information content (AvgIpc) is 3.33. The van der Waals surface area contributed by atoms with E-state index in [4.69, 9.17) is 47.4 Å². The molecule has 5 rings (SSSR count). The molecule has 5 aliphatic heterocycles. The maximum atomic E-state index is 12.8. The van der Waals surface area contributed by atoms with Crippen LogP contribution in [0.4, 0.5) is 0 Å². The lowest BCUT2D eigenvalue weighted by Crippen LogP contribution is -2.70. The van der Waals surface area contributed by atoms with E-state index in [9.17, 15) is 96.4 Å². The summed E-state index contributed by atoms with van der Waals surface area (Å²) >= 11 is 0. The number of aliphatic hydroxyl groups excluding tert-OH is 17. The van der Waals surface area contributed by atoms with Crippen molar-refractivity contribution in [2.24, 2.45) is 0 Å². The van der Waals surface area contributed by atoms with Crippen LogP contribution in [0.25, 0.3) is 0 Å². The van der Waals surface area contributed by atoms with E-state index in [1.54, 1.807) is 0 Å². The highest BCUT2D eigenvalue weighted by Crippen LogP contribution is 2.35. The summed E-state index contributed by atoms with van der Waals surface area (Å²) in [6, 6.07) is -3.42. The summed E-state index contributed by atoms with van der Waals surface area (Å²) in [7, 11) is 0. The van der Waals surface area contributed by atoms with Gasteiger partial charge in [-0.15, -0.1) is 0 Å². The van der Waals surface area contributed by atoms with Gasteiger partial charge in [0.05, 0.1) is 51.3 Å². The molecular formula is C40H70N2O29. The summed E-state index contributed by atoms with van der Waals surface area (Å²) in [5.41, 5.74) is 0. The van der Waals surface area contributed by atoms with E-state index in [1.807, 2.05) is 0 Å². The Morgan fingerprint density at radius 2 is 0.944 bits per heavy atom. The van der Waals surface area contributed by atoms with Crippen molar-refractivity contribution in [2.75, 3.05) is 33.0 Å². The van der Waals surface area contributed by atoms with Gasteiger partial charge in [0.1, 0.15) is 128 Å². The van der Waals surface area contributed by atoms with Gasteiger partial charge in [0, 0.05) is 13.8 Å². The summed E-state index contributed by atoms with van der Waals surface area (Å²) in [4.78, 5) is 25.2. The minimum Gasteiger partial charge on any atom is -0.394 e. The first-order valence-electron chi connectivity index (χ1n) is 22.7. The zero-order valence-electron chi connectivity index (χ0n) is 38.8. The highest BCUT2D eigenvalue weighted by atomic mass is 16.8. The van der Waals surface area contributed by atoms with Gasteiger partial charge in [0.15, 0.2) is 31.5 Å². The fourth-order valence-corrected chi connectivity index (χ4v) is 8.69. The van der Waals surface area contributed by atoms with Gasteiger partial charge in [0.2, 0.25) is 11.8 Å². The van der Waals surface area contributed by atoms with E-state index in [-0.39, 0.29) is 0 Å². The number of rotatable bonds is 20. The number of nitrogens with one attached hydrogen (secondary N) is 2. The van der Waals surface area contributed by atoms with Crippen LogP contribution in [0.3, 0.4) is 0 Å². The lowest BCUT2D eigenvalue weighted by Gasteiger charge is -2.50. The zero-order valence-corrected chi connectivity index (χ0v) is 38.8. The predicted octanol–water partition coefficient (Wildman–Crippen LogP) is -12.1. The second-order valence-corrected chi connectivity index (χ2v) is 18.0. The molecule has 0 aliphatic carbocycles. The van der Waals surface area contributed by atoms with Crippen molar-refractivity contribution in [3.05, 3.63) is 0 Å². The highest BCUT2D eigenvalue weighted by molar-refractivity contribution is 5.73. The fourth-order valence-electron chi connectivity index (χ4n) is 8.69.